The Morgan fingerprint density at radius 1 is 1.54 bits per heavy atom. The summed E-state index contributed by atoms with van der Waals surface area (Å²) in [7, 11) is 0. The molecule has 0 N–H and O–H groups in total. The van der Waals surface area contributed by atoms with Crippen LogP contribution in [0.2, 0.25) is 0 Å². The molecule has 5 heteroatoms. The summed E-state index contributed by atoms with van der Waals surface area (Å²) in [5.74, 6) is 0.209. The highest BCUT2D eigenvalue weighted by atomic mass is 79.9. The molecular formula is C8H8BrF2NO. The minimum atomic E-state index is -2.56. The Bertz CT molecular complexity index is 293. The predicted molar refractivity (Wildman–Crippen MR) is 48.1 cm³/mol. The number of alkyl halides is 2. The lowest BCUT2D eigenvalue weighted by molar-refractivity contribution is 0.144. The number of ether oxygens (including phenoxy) is 1. The second kappa shape index (κ2) is 4.50. The van der Waals surface area contributed by atoms with Gasteiger partial charge in [0.15, 0.2) is 0 Å². The van der Waals surface area contributed by atoms with Gasteiger partial charge in [-0.1, -0.05) is 0 Å². The summed E-state index contributed by atoms with van der Waals surface area (Å²) in [4.78, 5) is 3.64. The molecule has 1 aromatic heterocycles. The third-order valence-electron chi connectivity index (χ3n) is 1.34. The average Bonchev–Trinajstić information content (AvgIpc) is 2.08. The molecule has 0 aliphatic heterocycles. The largest absolute Gasteiger partial charge is 0.477 e. The van der Waals surface area contributed by atoms with Crippen LogP contribution in [0.5, 0.6) is 5.88 Å². The van der Waals surface area contributed by atoms with Crippen molar-refractivity contribution in [1.29, 1.82) is 0 Å². The molecule has 13 heavy (non-hydrogen) atoms. The van der Waals surface area contributed by atoms with Crippen LogP contribution < -0.4 is 4.74 Å². The highest BCUT2D eigenvalue weighted by Crippen LogP contribution is 2.26. The van der Waals surface area contributed by atoms with Gasteiger partial charge in [0.1, 0.15) is 5.69 Å². The quantitative estimate of drug-likeness (QED) is 0.824. The normalized spacial score (nSPS) is 10.5. The molecule has 72 valence electrons. The van der Waals surface area contributed by atoms with Gasteiger partial charge in [0, 0.05) is 0 Å². The van der Waals surface area contributed by atoms with Crippen molar-refractivity contribution in [1.82, 2.24) is 4.98 Å². The Morgan fingerprint density at radius 3 is 2.77 bits per heavy atom. The number of aromatic nitrogens is 1. The summed E-state index contributed by atoms with van der Waals surface area (Å²) >= 11 is 3.15. The fourth-order valence-corrected chi connectivity index (χ4v) is 1.13. The number of hydrogen-bond donors (Lipinski definition) is 0. The topological polar surface area (TPSA) is 22.1 Å². The number of pyridine rings is 1. The second-order valence-electron chi connectivity index (χ2n) is 2.26. The Morgan fingerprint density at radius 2 is 2.23 bits per heavy atom. The van der Waals surface area contributed by atoms with E-state index < -0.39 is 6.43 Å². The molecule has 0 amide bonds. The monoisotopic (exact) mass is 251 g/mol. The number of halogens is 3. The Kier molecular flexibility index (Phi) is 3.59. The van der Waals surface area contributed by atoms with E-state index in [0.717, 1.165) is 0 Å². The summed E-state index contributed by atoms with van der Waals surface area (Å²) < 4.78 is 30.0. The third-order valence-corrected chi connectivity index (χ3v) is 1.94. The standard InChI is InChI=1S/C8H8BrF2NO/c1-2-13-8-5(9)3-4-6(12-8)7(10)11/h3-4,7H,2H2,1H3. The lowest BCUT2D eigenvalue weighted by Gasteiger charge is -2.06. The van der Waals surface area contributed by atoms with Crippen molar-refractivity contribution in [3.8, 4) is 5.88 Å². The van der Waals surface area contributed by atoms with Crippen LogP contribution in [0, 0.1) is 0 Å². The van der Waals surface area contributed by atoms with Crippen molar-refractivity contribution in [3.05, 3.63) is 22.3 Å². The minimum Gasteiger partial charge on any atom is -0.477 e. The molecule has 1 heterocycles. The van der Waals surface area contributed by atoms with Gasteiger partial charge in [-0.25, -0.2) is 13.8 Å². The van der Waals surface area contributed by atoms with Gasteiger partial charge in [-0.15, -0.1) is 0 Å². The average molecular weight is 252 g/mol. The van der Waals surface area contributed by atoms with Crippen molar-refractivity contribution in [2.45, 2.75) is 13.3 Å². The molecule has 0 spiro atoms. The van der Waals surface area contributed by atoms with Crippen molar-refractivity contribution in [3.63, 3.8) is 0 Å². The zero-order valence-electron chi connectivity index (χ0n) is 6.93. The van der Waals surface area contributed by atoms with Crippen LogP contribution in [-0.4, -0.2) is 11.6 Å². The first-order chi connectivity index (χ1) is 6.15. The number of rotatable bonds is 3. The molecule has 0 unspecified atom stereocenters. The predicted octanol–water partition coefficient (Wildman–Crippen LogP) is 3.18. The van der Waals surface area contributed by atoms with Crippen molar-refractivity contribution >= 4 is 15.9 Å². The van der Waals surface area contributed by atoms with E-state index in [1.165, 1.54) is 12.1 Å². The summed E-state index contributed by atoms with van der Waals surface area (Å²) in [5.41, 5.74) is -0.272. The van der Waals surface area contributed by atoms with Crippen molar-refractivity contribution in [2.75, 3.05) is 6.61 Å². The van der Waals surface area contributed by atoms with Gasteiger partial charge in [0.25, 0.3) is 6.43 Å². The van der Waals surface area contributed by atoms with Crippen LogP contribution in [-0.2, 0) is 0 Å². The zero-order chi connectivity index (χ0) is 9.84. The maximum atomic E-state index is 12.2. The molecule has 0 aliphatic carbocycles. The molecule has 1 rings (SSSR count). The van der Waals surface area contributed by atoms with E-state index in [4.69, 9.17) is 4.74 Å². The molecule has 1 aromatic rings. The summed E-state index contributed by atoms with van der Waals surface area (Å²) in [6, 6.07) is 2.76. The van der Waals surface area contributed by atoms with E-state index in [1.807, 2.05) is 0 Å². The number of hydrogen-bond acceptors (Lipinski definition) is 2. The highest BCUT2D eigenvalue weighted by molar-refractivity contribution is 9.10. The molecule has 0 bridgehead atoms. The van der Waals surface area contributed by atoms with Gasteiger partial charge in [-0.3, -0.25) is 0 Å². The lowest BCUT2D eigenvalue weighted by atomic mass is 10.3. The van der Waals surface area contributed by atoms with Gasteiger partial charge >= 0.3 is 0 Å². The Balaban J connectivity index is 2.97. The minimum absolute atomic E-state index is 0.209. The fraction of sp³-hybridized carbons (Fsp3) is 0.375. The van der Waals surface area contributed by atoms with E-state index in [2.05, 4.69) is 20.9 Å². The van der Waals surface area contributed by atoms with E-state index >= 15 is 0 Å². The van der Waals surface area contributed by atoms with Crippen molar-refractivity contribution < 1.29 is 13.5 Å². The first-order valence-electron chi connectivity index (χ1n) is 3.72. The Hall–Kier alpha value is -0.710. The molecule has 0 fully saturated rings. The van der Waals surface area contributed by atoms with Gasteiger partial charge in [0.05, 0.1) is 11.1 Å². The van der Waals surface area contributed by atoms with Gasteiger partial charge in [0.2, 0.25) is 5.88 Å². The van der Waals surface area contributed by atoms with Gasteiger partial charge in [-0.05, 0) is 35.0 Å². The molecular weight excluding hydrogens is 244 g/mol. The SMILES string of the molecule is CCOc1nc(C(F)F)ccc1Br. The zero-order valence-corrected chi connectivity index (χ0v) is 8.51. The molecule has 0 aromatic carbocycles. The van der Waals surface area contributed by atoms with Crippen molar-refractivity contribution in [2.24, 2.45) is 0 Å². The molecule has 0 aliphatic rings. The van der Waals surface area contributed by atoms with E-state index in [1.54, 1.807) is 6.92 Å². The van der Waals surface area contributed by atoms with E-state index in [9.17, 15) is 8.78 Å². The van der Waals surface area contributed by atoms with Crippen LogP contribution in [0.4, 0.5) is 8.78 Å². The van der Waals surface area contributed by atoms with E-state index in [0.29, 0.717) is 11.1 Å². The van der Waals surface area contributed by atoms with Crippen LogP contribution >= 0.6 is 15.9 Å². The molecule has 0 radical (unpaired) electrons. The van der Waals surface area contributed by atoms with E-state index in [-0.39, 0.29) is 11.6 Å². The van der Waals surface area contributed by atoms with Gasteiger partial charge in [-0.2, -0.15) is 0 Å². The summed E-state index contributed by atoms with van der Waals surface area (Å²) in [6.07, 6.45) is -2.56. The highest BCUT2D eigenvalue weighted by Gasteiger charge is 2.11. The van der Waals surface area contributed by atoms with Crippen LogP contribution in [0.25, 0.3) is 0 Å². The lowest BCUT2D eigenvalue weighted by Crippen LogP contribution is -1.98. The first kappa shape index (κ1) is 10.4. The summed E-state index contributed by atoms with van der Waals surface area (Å²) in [5, 5.41) is 0. The Labute approximate surface area is 83.1 Å². The van der Waals surface area contributed by atoms with Gasteiger partial charge < -0.3 is 4.74 Å². The smallest absolute Gasteiger partial charge is 0.280 e. The van der Waals surface area contributed by atoms with Crippen LogP contribution in [0.15, 0.2) is 16.6 Å². The molecule has 0 atom stereocenters. The van der Waals surface area contributed by atoms with Crippen LogP contribution in [0.1, 0.15) is 19.0 Å². The third kappa shape index (κ3) is 2.62. The first-order valence-corrected chi connectivity index (χ1v) is 4.51. The molecule has 0 saturated carbocycles. The molecule has 2 nitrogen and oxygen atoms in total. The maximum absolute atomic E-state index is 12.2. The molecule has 0 saturated heterocycles. The fourth-order valence-electron chi connectivity index (χ4n) is 0.797. The second-order valence-corrected chi connectivity index (χ2v) is 3.11. The maximum Gasteiger partial charge on any atom is 0.280 e. The summed E-state index contributed by atoms with van der Waals surface area (Å²) in [6.45, 7) is 2.17. The van der Waals surface area contributed by atoms with Crippen LogP contribution in [0.3, 0.4) is 0 Å². The number of nitrogens with zero attached hydrogens (tertiary/aromatic N) is 1.